The highest BCUT2D eigenvalue weighted by atomic mass is 19.1. The van der Waals surface area contributed by atoms with E-state index in [1.165, 1.54) is 25.0 Å². The minimum absolute atomic E-state index is 0.0763. The second-order valence-electron chi connectivity index (χ2n) is 7.16. The van der Waals surface area contributed by atoms with Gasteiger partial charge in [0.15, 0.2) is 5.82 Å². The van der Waals surface area contributed by atoms with Crippen molar-refractivity contribution in [1.82, 2.24) is 25.1 Å². The van der Waals surface area contributed by atoms with Crippen LogP contribution in [0.1, 0.15) is 30.0 Å². The molecule has 2 aliphatic rings. The zero-order valence-corrected chi connectivity index (χ0v) is 14.9. The molecule has 1 aromatic carbocycles. The SMILES string of the molecule is Nc1nc(Nc2cc(C3CC3)[nH]n2)nc(NC2(c3ccc(F)cc3)COC2)n1. The van der Waals surface area contributed by atoms with Gasteiger partial charge in [-0.2, -0.15) is 20.1 Å². The first-order valence-electron chi connectivity index (χ1n) is 9.05. The van der Waals surface area contributed by atoms with Gasteiger partial charge < -0.3 is 21.1 Å². The van der Waals surface area contributed by atoms with Crippen LogP contribution in [0.4, 0.5) is 28.1 Å². The number of rotatable bonds is 6. The van der Waals surface area contributed by atoms with Crippen molar-refractivity contribution in [2.75, 3.05) is 29.6 Å². The zero-order chi connectivity index (χ0) is 19.1. The number of hydrogen-bond acceptors (Lipinski definition) is 8. The first-order valence-corrected chi connectivity index (χ1v) is 9.05. The van der Waals surface area contributed by atoms with Crippen LogP contribution in [0.2, 0.25) is 0 Å². The maximum atomic E-state index is 13.3. The molecule has 0 amide bonds. The molecule has 28 heavy (non-hydrogen) atoms. The van der Waals surface area contributed by atoms with Crippen LogP contribution >= 0.6 is 0 Å². The van der Waals surface area contributed by atoms with E-state index in [2.05, 4.69) is 35.8 Å². The number of aromatic nitrogens is 5. The van der Waals surface area contributed by atoms with Gasteiger partial charge >= 0.3 is 0 Å². The maximum Gasteiger partial charge on any atom is 0.235 e. The third-order valence-electron chi connectivity index (χ3n) is 4.95. The van der Waals surface area contributed by atoms with Crippen molar-refractivity contribution < 1.29 is 9.13 Å². The molecule has 9 nitrogen and oxygen atoms in total. The van der Waals surface area contributed by atoms with Gasteiger partial charge in [-0.25, -0.2) is 4.39 Å². The number of hydrogen-bond donors (Lipinski definition) is 4. The number of benzene rings is 1. The zero-order valence-electron chi connectivity index (χ0n) is 14.9. The summed E-state index contributed by atoms with van der Waals surface area (Å²) in [6.45, 7) is 0.828. The number of aromatic amines is 1. The van der Waals surface area contributed by atoms with Crippen molar-refractivity contribution in [3.63, 3.8) is 0 Å². The van der Waals surface area contributed by atoms with Crippen molar-refractivity contribution in [2.45, 2.75) is 24.3 Å². The predicted molar refractivity (Wildman–Crippen MR) is 101 cm³/mol. The summed E-state index contributed by atoms with van der Waals surface area (Å²) in [5, 5.41) is 13.6. The Bertz CT molecular complexity index is 997. The third-order valence-corrected chi connectivity index (χ3v) is 4.95. The van der Waals surface area contributed by atoms with Gasteiger partial charge in [-0.05, 0) is 30.5 Å². The minimum atomic E-state index is -0.537. The monoisotopic (exact) mass is 382 g/mol. The van der Waals surface area contributed by atoms with E-state index in [1.807, 2.05) is 6.07 Å². The average Bonchev–Trinajstić information content (AvgIpc) is 3.38. The Balaban J connectivity index is 1.38. The summed E-state index contributed by atoms with van der Waals surface area (Å²) >= 11 is 0. The molecule has 2 aromatic heterocycles. The number of nitrogens with zero attached hydrogens (tertiary/aromatic N) is 4. The third kappa shape index (κ3) is 3.22. The molecular weight excluding hydrogens is 363 g/mol. The summed E-state index contributed by atoms with van der Waals surface area (Å²) in [5.41, 5.74) is 7.31. The lowest BCUT2D eigenvalue weighted by molar-refractivity contribution is -0.0451. The standard InChI is InChI=1S/C18H19FN8O/c19-12-5-3-11(4-6-12)18(8-28-9-18)25-17-23-15(20)22-16(24-17)21-14-7-13(26-27-14)10-1-2-10/h3-7,10H,1-2,8-9H2,(H5,20,21,22,23,24,25,26,27). The summed E-state index contributed by atoms with van der Waals surface area (Å²) < 4.78 is 18.7. The second-order valence-corrected chi connectivity index (χ2v) is 7.16. The molecule has 0 unspecified atom stereocenters. The second kappa shape index (κ2) is 6.41. The number of anilines is 4. The van der Waals surface area contributed by atoms with Gasteiger partial charge in [-0.15, -0.1) is 0 Å². The van der Waals surface area contributed by atoms with Gasteiger partial charge in [0.05, 0.1) is 13.2 Å². The first kappa shape index (κ1) is 16.9. The van der Waals surface area contributed by atoms with Crippen LogP contribution in [0.15, 0.2) is 30.3 Å². The number of nitrogens with one attached hydrogen (secondary N) is 3. The van der Waals surface area contributed by atoms with E-state index in [0.717, 1.165) is 11.3 Å². The topological polar surface area (TPSA) is 127 Å². The van der Waals surface area contributed by atoms with E-state index >= 15 is 0 Å². The Morgan fingerprint density at radius 2 is 1.86 bits per heavy atom. The van der Waals surface area contributed by atoms with Crippen molar-refractivity contribution in [3.05, 3.63) is 47.4 Å². The van der Waals surface area contributed by atoms with Crippen LogP contribution in [-0.2, 0) is 10.3 Å². The molecule has 1 aliphatic carbocycles. The molecule has 0 spiro atoms. The molecule has 3 aromatic rings. The van der Waals surface area contributed by atoms with Crippen LogP contribution in [-0.4, -0.2) is 38.4 Å². The van der Waals surface area contributed by atoms with E-state index in [9.17, 15) is 4.39 Å². The van der Waals surface area contributed by atoms with E-state index in [0.29, 0.717) is 36.8 Å². The van der Waals surface area contributed by atoms with Gasteiger partial charge in [-0.3, -0.25) is 5.10 Å². The lowest BCUT2D eigenvalue weighted by atomic mass is 9.88. The van der Waals surface area contributed by atoms with E-state index in [4.69, 9.17) is 10.5 Å². The Hall–Kier alpha value is -3.27. The maximum absolute atomic E-state index is 13.3. The molecule has 2 fully saturated rings. The highest BCUT2D eigenvalue weighted by Crippen LogP contribution is 2.39. The van der Waals surface area contributed by atoms with Crippen LogP contribution in [0, 0.1) is 5.82 Å². The number of H-pyrrole nitrogens is 1. The Morgan fingerprint density at radius 3 is 2.54 bits per heavy atom. The molecule has 3 heterocycles. The molecule has 0 radical (unpaired) electrons. The normalized spacial score (nSPS) is 17.8. The highest BCUT2D eigenvalue weighted by molar-refractivity contribution is 5.52. The van der Waals surface area contributed by atoms with Gasteiger partial charge in [-0.1, -0.05) is 12.1 Å². The number of ether oxygens (including phenoxy) is 1. The Labute approximate surface area is 159 Å². The van der Waals surface area contributed by atoms with Crippen molar-refractivity contribution >= 4 is 23.7 Å². The summed E-state index contributed by atoms with van der Waals surface area (Å²) in [6.07, 6.45) is 2.36. The largest absolute Gasteiger partial charge is 0.376 e. The molecule has 1 saturated carbocycles. The number of halogens is 1. The summed E-state index contributed by atoms with van der Waals surface area (Å²) in [5.74, 6) is 1.57. The van der Waals surface area contributed by atoms with E-state index in [-0.39, 0.29) is 11.8 Å². The number of nitrogens with two attached hydrogens (primary N) is 1. The lowest BCUT2D eigenvalue weighted by Crippen LogP contribution is -2.53. The highest BCUT2D eigenvalue weighted by Gasteiger charge is 2.41. The van der Waals surface area contributed by atoms with Crippen LogP contribution in [0.25, 0.3) is 0 Å². The van der Waals surface area contributed by atoms with Gasteiger partial charge in [0.25, 0.3) is 0 Å². The fraction of sp³-hybridized carbons (Fsp3) is 0.333. The van der Waals surface area contributed by atoms with Gasteiger partial charge in [0.1, 0.15) is 11.4 Å². The smallest absolute Gasteiger partial charge is 0.235 e. The molecule has 5 N–H and O–H groups in total. The Morgan fingerprint density at radius 1 is 1.11 bits per heavy atom. The first-order chi connectivity index (χ1) is 13.6. The predicted octanol–water partition coefficient (Wildman–Crippen LogP) is 2.27. The van der Waals surface area contributed by atoms with Crippen LogP contribution in [0.5, 0.6) is 0 Å². The van der Waals surface area contributed by atoms with Gasteiger partial charge in [0.2, 0.25) is 17.8 Å². The molecule has 144 valence electrons. The molecule has 10 heteroatoms. The Kier molecular flexibility index (Phi) is 3.86. The van der Waals surface area contributed by atoms with Crippen molar-refractivity contribution in [1.29, 1.82) is 0 Å². The summed E-state index contributed by atoms with van der Waals surface area (Å²) in [4.78, 5) is 12.7. The van der Waals surface area contributed by atoms with Crippen molar-refractivity contribution in [3.8, 4) is 0 Å². The molecular formula is C18H19FN8O. The molecule has 1 saturated heterocycles. The molecule has 0 atom stereocenters. The summed E-state index contributed by atoms with van der Waals surface area (Å²) in [6, 6.07) is 8.22. The van der Waals surface area contributed by atoms with Gasteiger partial charge in [0, 0.05) is 17.7 Å². The fourth-order valence-corrected chi connectivity index (χ4v) is 3.22. The molecule has 1 aliphatic heterocycles. The van der Waals surface area contributed by atoms with Crippen LogP contribution in [0.3, 0.4) is 0 Å². The molecule has 0 bridgehead atoms. The minimum Gasteiger partial charge on any atom is -0.376 e. The van der Waals surface area contributed by atoms with E-state index < -0.39 is 5.54 Å². The lowest BCUT2D eigenvalue weighted by Gasteiger charge is -2.42. The fourth-order valence-electron chi connectivity index (χ4n) is 3.22. The van der Waals surface area contributed by atoms with Crippen LogP contribution < -0.4 is 16.4 Å². The molecule has 5 rings (SSSR count). The summed E-state index contributed by atoms with van der Waals surface area (Å²) in [7, 11) is 0. The van der Waals surface area contributed by atoms with Crippen molar-refractivity contribution in [2.24, 2.45) is 0 Å². The average molecular weight is 382 g/mol. The number of nitrogen functional groups attached to an aromatic ring is 1. The van der Waals surface area contributed by atoms with E-state index in [1.54, 1.807) is 12.1 Å². The quantitative estimate of drug-likeness (QED) is 0.511.